The number of benzene rings is 2. The molecule has 1 atom stereocenters. The second-order valence-corrected chi connectivity index (χ2v) is 10.6. The Morgan fingerprint density at radius 1 is 1.16 bits per heavy atom. The molecule has 3 rings (SSSR count). The van der Waals surface area contributed by atoms with Crippen LogP contribution in [0.5, 0.6) is 5.75 Å². The van der Waals surface area contributed by atoms with Gasteiger partial charge in [0, 0.05) is 10.6 Å². The third-order valence-corrected chi connectivity index (χ3v) is 5.78. The van der Waals surface area contributed by atoms with Gasteiger partial charge in [-0.2, -0.15) is 0 Å². The average Bonchev–Trinajstić information content (AvgIpc) is 2.65. The number of nitrogens with one attached hydrogen (secondary N) is 2. The molecule has 0 aromatic heterocycles. The van der Waals surface area contributed by atoms with Crippen LogP contribution in [0.25, 0.3) is 0 Å². The average molecular weight is 466 g/mol. The van der Waals surface area contributed by atoms with E-state index in [0.29, 0.717) is 10.7 Å². The van der Waals surface area contributed by atoms with E-state index in [2.05, 4.69) is 10.6 Å². The first-order valence-corrected chi connectivity index (χ1v) is 11.7. The molecule has 0 aliphatic carbocycles. The molecule has 0 saturated carbocycles. The Bertz CT molecular complexity index is 1130. The van der Waals surface area contributed by atoms with Crippen molar-refractivity contribution in [2.45, 2.75) is 32.4 Å². The zero-order chi connectivity index (χ0) is 23.0. The Morgan fingerprint density at radius 3 is 2.48 bits per heavy atom. The molecule has 0 fully saturated rings. The van der Waals surface area contributed by atoms with E-state index in [0.717, 1.165) is 10.6 Å². The topological polar surface area (TPSA) is 105 Å². The maximum atomic E-state index is 13.0. The highest BCUT2D eigenvalue weighted by atomic mass is 35.5. The van der Waals surface area contributed by atoms with Crippen molar-refractivity contribution >= 4 is 44.8 Å². The molecule has 0 radical (unpaired) electrons. The summed E-state index contributed by atoms with van der Waals surface area (Å²) in [5.74, 6) is -0.698. The lowest BCUT2D eigenvalue weighted by Crippen LogP contribution is -2.48. The van der Waals surface area contributed by atoms with Crippen molar-refractivity contribution in [1.82, 2.24) is 5.32 Å². The number of carbonyl (C=O) groups excluding carboxylic acids is 2. The summed E-state index contributed by atoms with van der Waals surface area (Å²) in [7, 11) is -3.69. The number of hydrogen-bond donors (Lipinski definition) is 2. The highest BCUT2D eigenvalue weighted by molar-refractivity contribution is 7.92. The molecule has 0 bridgehead atoms. The highest BCUT2D eigenvalue weighted by Gasteiger charge is 2.35. The van der Waals surface area contributed by atoms with Gasteiger partial charge in [0.05, 0.1) is 29.7 Å². The number of para-hydroxylation sites is 1. The van der Waals surface area contributed by atoms with Gasteiger partial charge in [0.25, 0.3) is 11.8 Å². The van der Waals surface area contributed by atoms with Gasteiger partial charge in [0.15, 0.2) is 6.10 Å². The summed E-state index contributed by atoms with van der Waals surface area (Å²) in [6.45, 7) is 5.33. The fourth-order valence-electron chi connectivity index (χ4n) is 3.09. The molecule has 2 N–H and O–H groups in total. The van der Waals surface area contributed by atoms with Crippen LogP contribution in [-0.2, 0) is 14.8 Å². The zero-order valence-corrected chi connectivity index (χ0v) is 19.2. The van der Waals surface area contributed by atoms with Crippen LogP contribution in [0.3, 0.4) is 0 Å². The Morgan fingerprint density at radius 2 is 1.84 bits per heavy atom. The largest absolute Gasteiger partial charge is 0.476 e. The number of sulfonamides is 1. The number of hydrogen-bond acceptors (Lipinski definition) is 5. The maximum absolute atomic E-state index is 13.0. The van der Waals surface area contributed by atoms with E-state index in [-0.39, 0.29) is 29.5 Å². The monoisotopic (exact) mass is 465 g/mol. The smallest absolute Gasteiger partial charge is 0.267 e. The first-order valence-electron chi connectivity index (χ1n) is 9.51. The van der Waals surface area contributed by atoms with Gasteiger partial charge >= 0.3 is 0 Å². The summed E-state index contributed by atoms with van der Waals surface area (Å²) < 4.78 is 31.4. The molecule has 10 heteroatoms. The number of nitrogens with zero attached hydrogens (tertiary/aromatic N) is 1. The lowest BCUT2D eigenvalue weighted by atomic mass is 10.1. The van der Waals surface area contributed by atoms with Crippen molar-refractivity contribution in [2.75, 3.05) is 22.4 Å². The second-order valence-electron chi connectivity index (χ2n) is 8.25. The van der Waals surface area contributed by atoms with Gasteiger partial charge < -0.3 is 15.4 Å². The Balaban J connectivity index is 1.87. The molecule has 2 aromatic rings. The predicted molar refractivity (Wildman–Crippen MR) is 120 cm³/mol. The lowest BCUT2D eigenvalue weighted by Gasteiger charge is -2.34. The second kappa shape index (κ2) is 8.39. The lowest BCUT2D eigenvalue weighted by molar-refractivity contribution is -0.122. The van der Waals surface area contributed by atoms with Gasteiger partial charge in [-0.15, -0.1) is 0 Å². The number of rotatable bonds is 4. The number of carbonyl (C=O) groups is 2. The van der Waals surface area contributed by atoms with Crippen molar-refractivity contribution in [2.24, 2.45) is 0 Å². The molecule has 166 valence electrons. The molecule has 1 aliphatic rings. The van der Waals surface area contributed by atoms with E-state index in [4.69, 9.17) is 16.3 Å². The van der Waals surface area contributed by atoms with Crippen molar-refractivity contribution in [3.05, 3.63) is 53.1 Å². The number of ether oxygens (including phenoxy) is 1. The summed E-state index contributed by atoms with van der Waals surface area (Å²) in [6.07, 6.45) is -0.0773. The van der Waals surface area contributed by atoms with Crippen LogP contribution < -0.4 is 19.7 Å². The molecular weight excluding hydrogens is 442 g/mol. The molecular formula is C21H24ClN3O5S. The first-order chi connectivity index (χ1) is 14.3. The molecule has 2 amide bonds. The van der Waals surface area contributed by atoms with Gasteiger partial charge in [-0.1, -0.05) is 23.7 Å². The number of amides is 2. The van der Waals surface area contributed by atoms with Gasteiger partial charge in [-0.3, -0.25) is 13.9 Å². The van der Waals surface area contributed by atoms with Crippen molar-refractivity contribution < 1.29 is 22.7 Å². The van der Waals surface area contributed by atoms with Crippen LogP contribution in [0.4, 0.5) is 11.4 Å². The molecule has 8 nitrogen and oxygen atoms in total. The minimum absolute atomic E-state index is 0.222. The SMILES string of the molecule is CC(C)(C)NC(=O)c1ccccc1NC(=O)[C@@H]1CN(S(C)(=O)=O)c2cc(Cl)ccc2O1. The fraction of sp³-hybridized carbons (Fsp3) is 0.333. The zero-order valence-electron chi connectivity index (χ0n) is 17.6. The minimum Gasteiger partial charge on any atom is -0.476 e. The van der Waals surface area contributed by atoms with Crippen molar-refractivity contribution in [3.63, 3.8) is 0 Å². The van der Waals surface area contributed by atoms with E-state index < -0.39 is 27.6 Å². The molecule has 31 heavy (non-hydrogen) atoms. The van der Waals surface area contributed by atoms with Gasteiger partial charge in [-0.25, -0.2) is 8.42 Å². The normalized spacial score (nSPS) is 16.2. The number of anilines is 2. The van der Waals surface area contributed by atoms with Crippen LogP contribution in [0.1, 0.15) is 31.1 Å². The van der Waals surface area contributed by atoms with E-state index in [1.54, 1.807) is 30.3 Å². The molecule has 1 aliphatic heterocycles. The molecule has 2 aromatic carbocycles. The Kier molecular flexibility index (Phi) is 6.20. The van der Waals surface area contributed by atoms with E-state index in [9.17, 15) is 18.0 Å². The van der Waals surface area contributed by atoms with Gasteiger partial charge in [0.2, 0.25) is 10.0 Å². The summed E-state index contributed by atoms with van der Waals surface area (Å²) in [5.41, 5.74) is 0.394. The summed E-state index contributed by atoms with van der Waals surface area (Å²) >= 11 is 6.00. The predicted octanol–water partition coefficient (Wildman–Crippen LogP) is 3.03. The van der Waals surface area contributed by atoms with Crippen LogP contribution in [0.15, 0.2) is 42.5 Å². The quantitative estimate of drug-likeness (QED) is 0.722. The maximum Gasteiger partial charge on any atom is 0.267 e. The highest BCUT2D eigenvalue weighted by Crippen LogP contribution is 2.37. The summed E-state index contributed by atoms with van der Waals surface area (Å²) in [4.78, 5) is 25.6. The van der Waals surface area contributed by atoms with Gasteiger partial charge in [0.1, 0.15) is 5.75 Å². The number of fused-ring (bicyclic) bond motifs is 1. The van der Waals surface area contributed by atoms with E-state index in [1.165, 1.54) is 12.1 Å². The van der Waals surface area contributed by atoms with Crippen molar-refractivity contribution in [1.29, 1.82) is 0 Å². The van der Waals surface area contributed by atoms with Gasteiger partial charge in [-0.05, 0) is 51.1 Å². The summed E-state index contributed by atoms with van der Waals surface area (Å²) in [6, 6.07) is 11.1. The molecule has 0 saturated heterocycles. The third-order valence-electron chi connectivity index (χ3n) is 4.40. The molecule has 1 heterocycles. The van der Waals surface area contributed by atoms with Crippen LogP contribution in [0.2, 0.25) is 5.02 Å². The molecule has 0 spiro atoms. The van der Waals surface area contributed by atoms with Crippen LogP contribution in [-0.4, -0.2) is 44.7 Å². The minimum atomic E-state index is -3.69. The third kappa shape index (κ3) is 5.48. The van der Waals surface area contributed by atoms with Crippen LogP contribution in [0, 0.1) is 0 Å². The fourth-order valence-corrected chi connectivity index (χ4v) is 4.16. The Hall–Kier alpha value is -2.78. The molecule has 0 unspecified atom stereocenters. The summed E-state index contributed by atoms with van der Waals surface area (Å²) in [5, 5.41) is 5.89. The first kappa shape index (κ1) is 22.9. The Labute approximate surface area is 186 Å². The number of halogens is 1. The van der Waals surface area contributed by atoms with E-state index in [1.807, 2.05) is 20.8 Å². The van der Waals surface area contributed by atoms with E-state index >= 15 is 0 Å². The standard InChI is InChI=1S/C21H24ClN3O5S/c1-21(2,3)24-19(26)14-7-5-6-8-15(14)23-20(27)18-12-25(31(4,28)29)16-11-13(22)9-10-17(16)30-18/h5-11,18H,12H2,1-4H3,(H,23,27)(H,24,26)/t18-/m0/s1. The van der Waals surface area contributed by atoms with Crippen LogP contribution >= 0.6 is 11.6 Å². The van der Waals surface area contributed by atoms with Crippen molar-refractivity contribution in [3.8, 4) is 5.75 Å².